The van der Waals surface area contributed by atoms with Crippen molar-refractivity contribution in [2.45, 2.75) is 52.1 Å². The number of carbonyl (C=O) groups excluding carboxylic acids is 1. The summed E-state index contributed by atoms with van der Waals surface area (Å²) in [6.45, 7) is 3.16. The van der Waals surface area contributed by atoms with E-state index in [1.807, 2.05) is 42.5 Å². The molecule has 0 saturated heterocycles. The van der Waals surface area contributed by atoms with E-state index in [9.17, 15) is 4.79 Å². The lowest BCUT2D eigenvalue weighted by atomic mass is 10.1. The van der Waals surface area contributed by atoms with Crippen LogP contribution in [-0.2, 0) is 6.61 Å². The smallest absolute Gasteiger partial charge is 0.412 e. The molecule has 2 heterocycles. The first-order valence-electron chi connectivity index (χ1n) is 12.7. The second-order valence-electron chi connectivity index (χ2n) is 8.76. The van der Waals surface area contributed by atoms with Crippen LogP contribution in [0.2, 0.25) is 0 Å². The fraction of sp³-hybridized carbons (Fsp3) is 0.310. The molecule has 4 aromatic rings. The summed E-state index contributed by atoms with van der Waals surface area (Å²) >= 11 is 0. The molecule has 8 heteroatoms. The molecule has 8 nitrogen and oxygen atoms in total. The summed E-state index contributed by atoms with van der Waals surface area (Å²) < 4.78 is 17.0. The Hall–Kier alpha value is -4.20. The maximum Gasteiger partial charge on any atom is 0.412 e. The molecule has 2 aromatic heterocycles. The van der Waals surface area contributed by atoms with Crippen LogP contribution in [0.25, 0.3) is 22.6 Å². The summed E-state index contributed by atoms with van der Waals surface area (Å²) in [5, 5.41) is 10.5. The maximum absolute atomic E-state index is 12.5. The monoisotopic (exact) mass is 500 g/mol. The Bertz CT molecular complexity index is 1250. The number of aromatic nitrogens is 3. The number of carbonyl (C=O) groups is 1. The van der Waals surface area contributed by atoms with Gasteiger partial charge in [-0.15, -0.1) is 10.2 Å². The second kappa shape index (κ2) is 13.8. The molecule has 4 rings (SSSR count). The molecule has 0 unspecified atom stereocenters. The van der Waals surface area contributed by atoms with Gasteiger partial charge in [0.15, 0.2) is 0 Å². The first-order valence-corrected chi connectivity index (χ1v) is 12.7. The highest BCUT2D eigenvalue weighted by Gasteiger charge is 2.12. The van der Waals surface area contributed by atoms with Gasteiger partial charge in [-0.1, -0.05) is 69.4 Å². The molecule has 0 aliphatic carbocycles. The summed E-state index contributed by atoms with van der Waals surface area (Å²) in [6.07, 6.45) is 11.1. The van der Waals surface area contributed by atoms with Gasteiger partial charge in [-0.2, -0.15) is 0 Å². The van der Waals surface area contributed by atoms with Crippen molar-refractivity contribution in [2.75, 3.05) is 6.54 Å². The van der Waals surface area contributed by atoms with Crippen LogP contribution in [0, 0.1) is 0 Å². The number of amides is 1. The zero-order valence-electron chi connectivity index (χ0n) is 21.1. The third-order valence-corrected chi connectivity index (χ3v) is 5.82. The zero-order valence-corrected chi connectivity index (χ0v) is 21.1. The van der Waals surface area contributed by atoms with Gasteiger partial charge in [0.1, 0.15) is 18.1 Å². The molecule has 192 valence electrons. The highest BCUT2D eigenvalue weighted by Crippen LogP contribution is 2.32. The van der Waals surface area contributed by atoms with Gasteiger partial charge in [0.25, 0.3) is 0 Å². The van der Waals surface area contributed by atoms with E-state index in [4.69, 9.17) is 13.9 Å². The van der Waals surface area contributed by atoms with Gasteiger partial charge in [-0.25, -0.2) is 4.79 Å². The highest BCUT2D eigenvalue weighted by atomic mass is 16.6. The van der Waals surface area contributed by atoms with E-state index < -0.39 is 6.09 Å². The number of ether oxygens (including phenoxy) is 2. The summed E-state index contributed by atoms with van der Waals surface area (Å²) in [7, 11) is 0. The Morgan fingerprint density at radius 3 is 2.49 bits per heavy atom. The molecule has 0 radical (unpaired) electrons. The fourth-order valence-corrected chi connectivity index (χ4v) is 3.87. The minimum atomic E-state index is -0.488. The van der Waals surface area contributed by atoms with Crippen molar-refractivity contribution in [3.63, 3.8) is 0 Å². The van der Waals surface area contributed by atoms with Gasteiger partial charge in [0.2, 0.25) is 12.3 Å². The van der Waals surface area contributed by atoms with E-state index in [0.29, 0.717) is 36.1 Å². The van der Waals surface area contributed by atoms with Crippen LogP contribution in [-0.4, -0.2) is 27.8 Å². The molecule has 0 fully saturated rings. The molecule has 0 aliphatic rings. The van der Waals surface area contributed by atoms with E-state index in [2.05, 4.69) is 27.4 Å². The van der Waals surface area contributed by atoms with Crippen molar-refractivity contribution >= 4 is 6.09 Å². The summed E-state index contributed by atoms with van der Waals surface area (Å²) in [6, 6.07) is 17.2. The largest absolute Gasteiger partial charge is 0.489 e. The van der Waals surface area contributed by atoms with E-state index in [0.717, 1.165) is 29.5 Å². The molecular formula is C29H32N4O4. The standard InChI is InChI=1S/C29H32N4O4/c1-2-3-4-5-6-10-13-31-29(34)37-27-16-23(15-26(17-27)35-20-22-11-8-7-9-12-22)24-14-25(19-30-18-24)28-33-32-21-36-28/h7-9,11-12,14-19,21H,2-6,10,13,20H2,1H3,(H,31,34). The van der Waals surface area contributed by atoms with Gasteiger partial charge in [-0.3, -0.25) is 4.98 Å². The summed E-state index contributed by atoms with van der Waals surface area (Å²) in [5.74, 6) is 1.32. The van der Waals surface area contributed by atoms with Crippen LogP contribution < -0.4 is 14.8 Å². The third kappa shape index (κ3) is 8.17. The number of nitrogens with zero attached hydrogens (tertiary/aromatic N) is 3. The molecule has 37 heavy (non-hydrogen) atoms. The lowest BCUT2D eigenvalue weighted by Gasteiger charge is -2.13. The first-order chi connectivity index (χ1) is 18.2. The van der Waals surface area contributed by atoms with E-state index in [1.165, 1.54) is 32.1 Å². The number of benzene rings is 2. The van der Waals surface area contributed by atoms with Crippen molar-refractivity contribution in [3.05, 3.63) is 78.9 Å². The van der Waals surface area contributed by atoms with Crippen LogP contribution in [0.4, 0.5) is 4.79 Å². The van der Waals surface area contributed by atoms with Gasteiger partial charge < -0.3 is 19.2 Å². The van der Waals surface area contributed by atoms with E-state index in [-0.39, 0.29) is 0 Å². The van der Waals surface area contributed by atoms with Gasteiger partial charge in [-0.05, 0) is 35.7 Å². The minimum absolute atomic E-state index is 0.372. The Morgan fingerprint density at radius 2 is 1.68 bits per heavy atom. The highest BCUT2D eigenvalue weighted by molar-refractivity contribution is 5.74. The van der Waals surface area contributed by atoms with Crippen LogP contribution in [0.5, 0.6) is 11.5 Å². The Balaban J connectivity index is 1.47. The molecule has 0 bridgehead atoms. The van der Waals surface area contributed by atoms with Crippen LogP contribution in [0.1, 0.15) is 51.0 Å². The van der Waals surface area contributed by atoms with Crippen LogP contribution in [0.3, 0.4) is 0 Å². The zero-order chi connectivity index (χ0) is 25.7. The molecule has 0 atom stereocenters. The minimum Gasteiger partial charge on any atom is -0.489 e. The van der Waals surface area contributed by atoms with Crippen molar-refractivity contribution in [2.24, 2.45) is 0 Å². The SMILES string of the molecule is CCCCCCCCNC(=O)Oc1cc(OCc2ccccc2)cc(-c2cncc(-c3nnco3)c2)c1. The average Bonchev–Trinajstić information content (AvgIpc) is 3.47. The van der Waals surface area contributed by atoms with Gasteiger partial charge in [0.05, 0.1) is 5.56 Å². The molecule has 0 aliphatic heterocycles. The molecule has 0 saturated carbocycles. The predicted octanol–water partition coefficient (Wildman–Crippen LogP) is 6.83. The quantitative estimate of drug-likeness (QED) is 0.201. The third-order valence-electron chi connectivity index (χ3n) is 5.82. The lowest BCUT2D eigenvalue weighted by Crippen LogP contribution is -2.27. The molecule has 1 N–H and O–H groups in total. The Kier molecular flexibility index (Phi) is 9.63. The number of hydrogen-bond acceptors (Lipinski definition) is 7. The first kappa shape index (κ1) is 25.9. The fourth-order valence-electron chi connectivity index (χ4n) is 3.87. The summed E-state index contributed by atoms with van der Waals surface area (Å²) in [4.78, 5) is 16.8. The number of nitrogens with one attached hydrogen (secondary N) is 1. The molecular weight excluding hydrogens is 468 g/mol. The number of unbranched alkanes of at least 4 members (excludes halogenated alkanes) is 5. The van der Waals surface area contributed by atoms with Gasteiger partial charge >= 0.3 is 6.09 Å². The second-order valence-corrected chi connectivity index (χ2v) is 8.76. The van der Waals surface area contributed by atoms with Crippen LogP contribution in [0.15, 0.2) is 77.8 Å². The van der Waals surface area contributed by atoms with Gasteiger partial charge in [0, 0.05) is 30.6 Å². The van der Waals surface area contributed by atoms with Crippen molar-refractivity contribution in [1.82, 2.24) is 20.5 Å². The van der Waals surface area contributed by atoms with E-state index in [1.54, 1.807) is 24.5 Å². The Labute approximate surface area is 217 Å². The van der Waals surface area contributed by atoms with Crippen molar-refractivity contribution < 1.29 is 18.7 Å². The topological polar surface area (TPSA) is 99.4 Å². The molecule has 2 aromatic carbocycles. The Morgan fingerprint density at radius 1 is 0.892 bits per heavy atom. The lowest BCUT2D eigenvalue weighted by molar-refractivity contribution is 0.200. The number of pyridine rings is 1. The normalized spacial score (nSPS) is 10.7. The van der Waals surface area contributed by atoms with Crippen molar-refractivity contribution in [3.8, 4) is 34.1 Å². The predicted molar refractivity (Wildman–Crippen MR) is 141 cm³/mol. The number of rotatable bonds is 13. The maximum atomic E-state index is 12.5. The number of hydrogen-bond donors (Lipinski definition) is 1. The molecule has 0 spiro atoms. The van der Waals surface area contributed by atoms with E-state index >= 15 is 0 Å². The molecule has 1 amide bonds. The van der Waals surface area contributed by atoms with Crippen LogP contribution >= 0.6 is 0 Å². The summed E-state index contributed by atoms with van der Waals surface area (Å²) in [5.41, 5.74) is 3.29. The van der Waals surface area contributed by atoms with Crippen molar-refractivity contribution in [1.29, 1.82) is 0 Å². The average molecular weight is 501 g/mol.